The number of sulfone groups is 1. The number of nitrogens with one attached hydrogen (secondary N) is 1. The van der Waals surface area contributed by atoms with Crippen LogP contribution in [0.15, 0.2) is 48.0 Å². The van der Waals surface area contributed by atoms with Gasteiger partial charge in [-0.1, -0.05) is 18.2 Å². The number of halogens is 1. The SMILES string of the molecule is CCNC(=NCc1ccccc1-n1ccnc1)N1CCS(=O)(=O)C(C)(C)C1.I. The Bertz CT molecular complexity index is 910. The Morgan fingerprint density at radius 3 is 2.71 bits per heavy atom. The van der Waals surface area contributed by atoms with Crippen molar-refractivity contribution in [1.29, 1.82) is 0 Å². The molecule has 1 N–H and O–H groups in total. The lowest BCUT2D eigenvalue weighted by atomic mass is 10.1. The lowest BCUT2D eigenvalue weighted by Crippen LogP contribution is -2.57. The standard InChI is InChI=1S/C19H27N5O2S.HI/c1-4-21-18(23-11-12-27(25,26)19(2,3)14-23)22-13-16-7-5-6-8-17(16)24-10-9-20-15-24;/h5-10,15H,4,11-14H2,1-3H3,(H,21,22);1H. The van der Waals surface area contributed by atoms with Crippen LogP contribution in [0, 0.1) is 0 Å². The average molecular weight is 517 g/mol. The van der Waals surface area contributed by atoms with Crippen LogP contribution in [0.25, 0.3) is 5.69 Å². The van der Waals surface area contributed by atoms with Crippen molar-refractivity contribution in [3.63, 3.8) is 0 Å². The van der Waals surface area contributed by atoms with Gasteiger partial charge in [0.05, 0.1) is 29.1 Å². The molecule has 0 saturated carbocycles. The van der Waals surface area contributed by atoms with Crippen LogP contribution in [-0.4, -0.2) is 59.0 Å². The molecule has 0 aliphatic carbocycles. The fourth-order valence-corrected chi connectivity index (χ4v) is 4.57. The molecule has 1 aromatic carbocycles. The molecule has 7 nitrogen and oxygen atoms in total. The highest BCUT2D eigenvalue weighted by molar-refractivity contribution is 14.0. The van der Waals surface area contributed by atoms with Crippen molar-refractivity contribution in [3.05, 3.63) is 48.5 Å². The second-order valence-corrected chi connectivity index (χ2v) is 10.0. The average Bonchev–Trinajstić information content (AvgIpc) is 3.16. The van der Waals surface area contributed by atoms with Crippen molar-refractivity contribution in [3.8, 4) is 5.69 Å². The van der Waals surface area contributed by atoms with Gasteiger partial charge in [0.2, 0.25) is 0 Å². The maximum atomic E-state index is 12.3. The lowest BCUT2D eigenvalue weighted by molar-refractivity contribution is 0.353. The normalized spacial score (nSPS) is 18.4. The summed E-state index contributed by atoms with van der Waals surface area (Å²) < 4.78 is 25.8. The fraction of sp³-hybridized carbons (Fsp3) is 0.474. The molecule has 3 rings (SSSR count). The highest BCUT2D eigenvalue weighted by Gasteiger charge is 2.40. The number of hydrogen-bond acceptors (Lipinski definition) is 4. The number of imidazole rings is 1. The van der Waals surface area contributed by atoms with Gasteiger partial charge >= 0.3 is 0 Å². The topological polar surface area (TPSA) is 79.6 Å². The third-order valence-electron chi connectivity index (χ3n) is 4.85. The van der Waals surface area contributed by atoms with Crippen LogP contribution in [0.1, 0.15) is 26.3 Å². The molecule has 2 heterocycles. The van der Waals surface area contributed by atoms with Crippen molar-refractivity contribution >= 4 is 39.8 Å². The van der Waals surface area contributed by atoms with Gasteiger partial charge in [-0.2, -0.15) is 0 Å². The van der Waals surface area contributed by atoms with E-state index >= 15 is 0 Å². The summed E-state index contributed by atoms with van der Waals surface area (Å²) in [6.45, 7) is 7.71. The summed E-state index contributed by atoms with van der Waals surface area (Å²) >= 11 is 0. The number of aliphatic imine (C=N–C) groups is 1. The minimum absolute atomic E-state index is 0. The van der Waals surface area contributed by atoms with E-state index in [4.69, 9.17) is 4.99 Å². The summed E-state index contributed by atoms with van der Waals surface area (Å²) in [4.78, 5) is 11.0. The molecule has 1 fully saturated rings. The molecular weight excluding hydrogens is 489 g/mol. The van der Waals surface area contributed by atoms with E-state index in [0.29, 0.717) is 19.6 Å². The van der Waals surface area contributed by atoms with Gasteiger partial charge in [-0.15, -0.1) is 24.0 Å². The fourth-order valence-electron chi connectivity index (χ4n) is 3.21. The van der Waals surface area contributed by atoms with E-state index in [-0.39, 0.29) is 29.7 Å². The summed E-state index contributed by atoms with van der Waals surface area (Å²) in [6, 6.07) is 8.07. The van der Waals surface area contributed by atoms with E-state index < -0.39 is 14.6 Å². The zero-order chi connectivity index (χ0) is 19.5. The largest absolute Gasteiger partial charge is 0.357 e. The van der Waals surface area contributed by atoms with Crippen molar-refractivity contribution in [2.75, 3.05) is 25.4 Å². The van der Waals surface area contributed by atoms with Gasteiger partial charge in [-0.05, 0) is 32.4 Å². The molecule has 1 aliphatic rings. The minimum atomic E-state index is -3.08. The quantitative estimate of drug-likeness (QED) is 0.383. The summed E-state index contributed by atoms with van der Waals surface area (Å²) in [5.41, 5.74) is 2.12. The number of guanidine groups is 1. The molecule has 0 bridgehead atoms. The van der Waals surface area contributed by atoms with E-state index in [1.807, 2.05) is 46.9 Å². The summed E-state index contributed by atoms with van der Waals surface area (Å²) in [5, 5.41) is 3.30. The van der Waals surface area contributed by atoms with Crippen LogP contribution in [0.3, 0.4) is 0 Å². The molecule has 0 unspecified atom stereocenters. The number of rotatable bonds is 4. The van der Waals surface area contributed by atoms with E-state index in [2.05, 4.69) is 10.3 Å². The van der Waals surface area contributed by atoms with Gasteiger partial charge in [-0.25, -0.2) is 18.4 Å². The Labute approximate surface area is 184 Å². The highest BCUT2D eigenvalue weighted by atomic mass is 127. The predicted octanol–water partition coefficient (Wildman–Crippen LogP) is 2.46. The van der Waals surface area contributed by atoms with E-state index in [1.165, 1.54) is 0 Å². The van der Waals surface area contributed by atoms with Crippen LogP contribution >= 0.6 is 24.0 Å². The molecule has 2 aromatic rings. The molecule has 154 valence electrons. The van der Waals surface area contributed by atoms with Crippen LogP contribution in [0.2, 0.25) is 0 Å². The first kappa shape index (κ1) is 22.7. The molecule has 0 spiro atoms. The van der Waals surface area contributed by atoms with Gasteiger partial charge < -0.3 is 14.8 Å². The summed E-state index contributed by atoms with van der Waals surface area (Å²) in [7, 11) is -3.08. The second-order valence-electron chi connectivity index (χ2n) is 7.27. The van der Waals surface area contributed by atoms with E-state index in [9.17, 15) is 8.42 Å². The van der Waals surface area contributed by atoms with Gasteiger partial charge in [0, 0.05) is 32.0 Å². The van der Waals surface area contributed by atoms with Crippen LogP contribution in [-0.2, 0) is 16.4 Å². The van der Waals surface area contributed by atoms with Gasteiger partial charge in [0.15, 0.2) is 15.8 Å². The van der Waals surface area contributed by atoms with Crippen molar-refractivity contribution < 1.29 is 8.42 Å². The smallest absolute Gasteiger partial charge is 0.194 e. The summed E-state index contributed by atoms with van der Waals surface area (Å²) in [5.74, 6) is 0.900. The molecule has 1 aliphatic heterocycles. The predicted molar refractivity (Wildman–Crippen MR) is 123 cm³/mol. The van der Waals surface area contributed by atoms with Crippen molar-refractivity contribution in [1.82, 2.24) is 19.8 Å². The number of hydrogen-bond donors (Lipinski definition) is 1. The van der Waals surface area contributed by atoms with Gasteiger partial charge in [0.1, 0.15) is 0 Å². The highest BCUT2D eigenvalue weighted by Crippen LogP contribution is 2.24. The third-order valence-corrected chi connectivity index (χ3v) is 7.38. The Morgan fingerprint density at radius 2 is 2.07 bits per heavy atom. The van der Waals surface area contributed by atoms with Crippen LogP contribution in [0.4, 0.5) is 0 Å². The number of nitrogens with zero attached hydrogens (tertiary/aromatic N) is 4. The second kappa shape index (κ2) is 9.25. The molecule has 28 heavy (non-hydrogen) atoms. The minimum Gasteiger partial charge on any atom is -0.357 e. The van der Waals surface area contributed by atoms with Crippen LogP contribution < -0.4 is 5.32 Å². The maximum Gasteiger partial charge on any atom is 0.194 e. The molecule has 0 radical (unpaired) electrons. The molecule has 0 amide bonds. The first-order valence-corrected chi connectivity index (χ1v) is 10.8. The Kier molecular flexibility index (Phi) is 7.49. The molecule has 0 atom stereocenters. The third kappa shape index (κ3) is 4.86. The van der Waals surface area contributed by atoms with Crippen molar-refractivity contribution in [2.24, 2.45) is 4.99 Å². The van der Waals surface area contributed by atoms with Crippen LogP contribution in [0.5, 0.6) is 0 Å². The Hall–Kier alpha value is -1.62. The Balaban J connectivity index is 0.00000280. The number of benzene rings is 1. The van der Waals surface area contributed by atoms with E-state index in [1.54, 1.807) is 26.4 Å². The molecule has 1 saturated heterocycles. The molecule has 9 heteroatoms. The zero-order valence-electron chi connectivity index (χ0n) is 16.5. The first-order chi connectivity index (χ1) is 12.8. The van der Waals surface area contributed by atoms with Gasteiger partial charge in [-0.3, -0.25) is 0 Å². The molecular formula is C19H28IN5O2S. The monoisotopic (exact) mass is 517 g/mol. The first-order valence-electron chi connectivity index (χ1n) is 9.16. The van der Waals surface area contributed by atoms with Gasteiger partial charge in [0.25, 0.3) is 0 Å². The Morgan fingerprint density at radius 1 is 1.32 bits per heavy atom. The molecule has 1 aromatic heterocycles. The maximum absolute atomic E-state index is 12.3. The van der Waals surface area contributed by atoms with E-state index in [0.717, 1.165) is 23.8 Å². The number of para-hydroxylation sites is 1. The lowest BCUT2D eigenvalue weighted by Gasteiger charge is -2.39. The zero-order valence-corrected chi connectivity index (χ0v) is 19.6. The van der Waals surface area contributed by atoms with Crippen molar-refractivity contribution in [2.45, 2.75) is 32.1 Å². The summed E-state index contributed by atoms with van der Waals surface area (Å²) in [6.07, 6.45) is 5.43. The number of aromatic nitrogens is 2.